The van der Waals surface area contributed by atoms with E-state index in [-0.39, 0.29) is 24.5 Å². The lowest BCUT2D eigenvalue weighted by Gasteiger charge is -2.32. The van der Waals surface area contributed by atoms with Gasteiger partial charge in [-0.3, -0.25) is 9.89 Å². The second kappa shape index (κ2) is 8.42. The first kappa shape index (κ1) is 17.8. The van der Waals surface area contributed by atoms with Gasteiger partial charge >= 0.3 is 0 Å². The molecule has 1 amide bonds. The van der Waals surface area contributed by atoms with E-state index in [0.29, 0.717) is 19.8 Å². The van der Waals surface area contributed by atoms with Gasteiger partial charge in [-0.15, -0.1) is 0 Å². The number of likely N-dealkylation sites (N-methyl/N-ethyl adjacent to an activating group) is 1. The number of H-pyrrole nitrogens is 1. The number of para-hydroxylation sites is 1. The van der Waals surface area contributed by atoms with Crippen molar-refractivity contribution in [1.29, 1.82) is 0 Å². The lowest BCUT2D eigenvalue weighted by Crippen LogP contribution is -2.51. The first-order valence-electron chi connectivity index (χ1n) is 8.69. The molecule has 7 heteroatoms. The zero-order valence-corrected chi connectivity index (χ0v) is 14.8. The highest BCUT2D eigenvalue weighted by molar-refractivity contribution is 5.87. The number of amides is 1. The Bertz CT molecular complexity index is 700. The van der Waals surface area contributed by atoms with Gasteiger partial charge in [-0.2, -0.15) is 5.10 Å². The smallest absolute Gasteiger partial charge is 0.226 e. The topological polar surface area (TPSA) is 79.5 Å². The number of hydrogen-bond acceptors (Lipinski definition) is 5. The third-order valence-electron chi connectivity index (χ3n) is 4.39. The van der Waals surface area contributed by atoms with Gasteiger partial charge in [-0.25, -0.2) is 0 Å². The van der Waals surface area contributed by atoms with Crippen molar-refractivity contribution < 1.29 is 14.3 Å². The van der Waals surface area contributed by atoms with Crippen LogP contribution in [0, 0.1) is 0 Å². The molecule has 1 aliphatic heterocycles. The molecule has 1 aliphatic rings. The van der Waals surface area contributed by atoms with Gasteiger partial charge in [0, 0.05) is 18.5 Å². The quantitative estimate of drug-likeness (QED) is 0.781. The Morgan fingerprint density at radius 1 is 1.44 bits per heavy atom. The average molecular weight is 346 g/mol. The third kappa shape index (κ3) is 4.78. The summed E-state index contributed by atoms with van der Waals surface area (Å²) in [5.74, 6) is -0.0499. The summed E-state index contributed by atoms with van der Waals surface area (Å²) in [7, 11) is 4.03. The van der Waals surface area contributed by atoms with Gasteiger partial charge in [0.2, 0.25) is 5.91 Å². The van der Waals surface area contributed by atoms with Gasteiger partial charge in [-0.1, -0.05) is 18.2 Å². The number of rotatable bonds is 7. The van der Waals surface area contributed by atoms with Gasteiger partial charge in [0.15, 0.2) is 0 Å². The van der Waals surface area contributed by atoms with Crippen LogP contribution in [0.3, 0.4) is 0 Å². The SMILES string of the molecule is CN(C)CCO[C@@H]1CCOC[C@@H]1NC(=O)Cc1[nH]nc2ccccc12. The zero-order valence-electron chi connectivity index (χ0n) is 14.8. The van der Waals surface area contributed by atoms with Crippen LogP contribution in [0.25, 0.3) is 10.9 Å². The highest BCUT2D eigenvalue weighted by Crippen LogP contribution is 2.16. The van der Waals surface area contributed by atoms with Crippen molar-refractivity contribution >= 4 is 16.8 Å². The summed E-state index contributed by atoms with van der Waals surface area (Å²) in [6, 6.07) is 7.66. The van der Waals surface area contributed by atoms with Crippen LogP contribution in [0.4, 0.5) is 0 Å². The largest absolute Gasteiger partial charge is 0.379 e. The van der Waals surface area contributed by atoms with E-state index in [9.17, 15) is 4.79 Å². The van der Waals surface area contributed by atoms with Crippen molar-refractivity contribution in [2.24, 2.45) is 0 Å². The predicted octanol–water partition coefficient (Wildman–Crippen LogP) is 0.957. The van der Waals surface area contributed by atoms with Crippen LogP contribution in [0.1, 0.15) is 12.1 Å². The number of aromatic amines is 1. The van der Waals surface area contributed by atoms with Gasteiger partial charge in [0.05, 0.1) is 43.0 Å². The molecule has 136 valence electrons. The van der Waals surface area contributed by atoms with Crippen LogP contribution in [-0.4, -0.2) is 73.6 Å². The maximum atomic E-state index is 12.5. The van der Waals surface area contributed by atoms with E-state index in [4.69, 9.17) is 9.47 Å². The van der Waals surface area contributed by atoms with E-state index >= 15 is 0 Å². The first-order valence-corrected chi connectivity index (χ1v) is 8.69. The van der Waals surface area contributed by atoms with Crippen LogP contribution in [0.15, 0.2) is 24.3 Å². The number of benzene rings is 1. The monoisotopic (exact) mass is 346 g/mol. The number of fused-ring (bicyclic) bond motifs is 1. The molecule has 0 radical (unpaired) electrons. The molecule has 0 saturated carbocycles. The summed E-state index contributed by atoms with van der Waals surface area (Å²) in [6.07, 6.45) is 1.06. The Labute approximate surface area is 147 Å². The maximum Gasteiger partial charge on any atom is 0.226 e. The molecule has 2 N–H and O–H groups in total. The number of carbonyl (C=O) groups is 1. The summed E-state index contributed by atoms with van der Waals surface area (Å²) in [5, 5.41) is 11.2. The van der Waals surface area contributed by atoms with Crippen LogP contribution >= 0.6 is 0 Å². The number of carbonyl (C=O) groups excluding carboxylic acids is 1. The summed E-state index contributed by atoms with van der Waals surface area (Å²) in [4.78, 5) is 14.6. The minimum Gasteiger partial charge on any atom is -0.379 e. The van der Waals surface area contributed by atoms with Crippen molar-refractivity contribution in [2.45, 2.75) is 25.0 Å². The fourth-order valence-corrected chi connectivity index (χ4v) is 3.01. The van der Waals surface area contributed by atoms with E-state index < -0.39 is 0 Å². The highest BCUT2D eigenvalue weighted by atomic mass is 16.5. The maximum absolute atomic E-state index is 12.5. The van der Waals surface area contributed by atoms with Crippen LogP contribution < -0.4 is 5.32 Å². The highest BCUT2D eigenvalue weighted by Gasteiger charge is 2.28. The fourth-order valence-electron chi connectivity index (χ4n) is 3.01. The van der Waals surface area contributed by atoms with Gasteiger partial charge in [0.1, 0.15) is 0 Å². The summed E-state index contributed by atoms with van der Waals surface area (Å²) in [6.45, 7) is 2.67. The molecule has 1 fully saturated rings. The fraction of sp³-hybridized carbons (Fsp3) is 0.556. The predicted molar refractivity (Wildman–Crippen MR) is 95.5 cm³/mol. The molecular formula is C18H26N4O3. The van der Waals surface area contributed by atoms with Crippen molar-refractivity contribution in [1.82, 2.24) is 20.4 Å². The molecule has 7 nitrogen and oxygen atoms in total. The number of nitrogens with one attached hydrogen (secondary N) is 2. The van der Waals surface area contributed by atoms with Crippen molar-refractivity contribution in [3.05, 3.63) is 30.0 Å². The molecule has 0 aliphatic carbocycles. The second-order valence-corrected chi connectivity index (χ2v) is 6.65. The molecular weight excluding hydrogens is 320 g/mol. The molecule has 3 rings (SSSR count). The first-order chi connectivity index (χ1) is 12.1. The molecule has 0 spiro atoms. The van der Waals surface area contributed by atoms with Crippen LogP contribution in [-0.2, 0) is 20.7 Å². The minimum absolute atomic E-state index is 0.00355. The van der Waals surface area contributed by atoms with E-state index in [2.05, 4.69) is 20.4 Å². The van der Waals surface area contributed by atoms with E-state index in [0.717, 1.165) is 29.6 Å². The molecule has 0 bridgehead atoms. The molecule has 1 aromatic carbocycles. The Balaban J connectivity index is 1.56. The Hall–Kier alpha value is -1.96. The summed E-state index contributed by atoms with van der Waals surface area (Å²) in [5.41, 5.74) is 1.70. The van der Waals surface area contributed by atoms with Gasteiger partial charge in [-0.05, 0) is 26.6 Å². The van der Waals surface area contributed by atoms with E-state index in [1.165, 1.54) is 0 Å². The normalized spacial score (nSPS) is 20.9. The molecule has 1 aromatic heterocycles. The number of hydrogen-bond donors (Lipinski definition) is 2. The average Bonchev–Trinajstić information content (AvgIpc) is 2.99. The summed E-state index contributed by atoms with van der Waals surface area (Å²) < 4.78 is 11.5. The van der Waals surface area contributed by atoms with Crippen molar-refractivity contribution in [2.75, 3.05) is 40.5 Å². The Morgan fingerprint density at radius 3 is 3.12 bits per heavy atom. The standard InChI is InChI=1S/C18H26N4O3/c1-22(2)8-10-25-17-7-9-24-12-16(17)19-18(23)11-15-13-5-3-4-6-14(13)20-21-15/h3-6,16-17H,7-12H2,1-2H3,(H,19,23)(H,20,21)/t16-,17+/m0/s1. The van der Waals surface area contributed by atoms with Crippen LogP contribution in [0.5, 0.6) is 0 Å². The minimum atomic E-state index is -0.113. The van der Waals surface area contributed by atoms with E-state index in [1.54, 1.807) is 0 Å². The third-order valence-corrected chi connectivity index (χ3v) is 4.39. The number of aromatic nitrogens is 2. The Kier molecular flexibility index (Phi) is 6.01. The number of nitrogens with zero attached hydrogens (tertiary/aromatic N) is 2. The second-order valence-electron chi connectivity index (χ2n) is 6.65. The lowest BCUT2D eigenvalue weighted by molar-refractivity contribution is -0.125. The van der Waals surface area contributed by atoms with Crippen molar-refractivity contribution in [3.63, 3.8) is 0 Å². The lowest BCUT2D eigenvalue weighted by atomic mass is 10.1. The van der Waals surface area contributed by atoms with E-state index in [1.807, 2.05) is 38.4 Å². The Morgan fingerprint density at radius 2 is 2.28 bits per heavy atom. The summed E-state index contributed by atoms with van der Waals surface area (Å²) >= 11 is 0. The molecule has 1 saturated heterocycles. The van der Waals surface area contributed by atoms with Gasteiger partial charge in [0.25, 0.3) is 0 Å². The number of ether oxygens (including phenoxy) is 2. The molecule has 25 heavy (non-hydrogen) atoms. The molecule has 0 unspecified atom stereocenters. The van der Waals surface area contributed by atoms with Crippen molar-refractivity contribution in [3.8, 4) is 0 Å². The molecule has 2 heterocycles. The van der Waals surface area contributed by atoms with Gasteiger partial charge < -0.3 is 19.7 Å². The zero-order chi connectivity index (χ0) is 17.6. The molecule has 2 atom stereocenters. The molecule has 2 aromatic rings. The van der Waals surface area contributed by atoms with Crippen LogP contribution in [0.2, 0.25) is 0 Å².